The maximum atomic E-state index is 6.15. The lowest BCUT2D eigenvalue weighted by molar-refractivity contribution is 0.319. The minimum atomic E-state index is 0.709. The number of hydrogen-bond donors (Lipinski definition) is 0. The van der Waals surface area contributed by atoms with Crippen molar-refractivity contribution in [2.45, 2.75) is 13.1 Å². The average molecular weight is 284 g/mol. The number of nitrogens with zero attached hydrogens (tertiary/aromatic N) is 3. The molecule has 0 saturated carbocycles. The van der Waals surface area contributed by atoms with Gasteiger partial charge in [0.2, 0.25) is 0 Å². The van der Waals surface area contributed by atoms with Gasteiger partial charge in [-0.1, -0.05) is 29.3 Å². The second-order valence-corrected chi connectivity index (χ2v) is 5.21. The van der Waals surface area contributed by atoms with E-state index in [0.717, 1.165) is 12.1 Å². The summed E-state index contributed by atoms with van der Waals surface area (Å²) in [6.45, 7) is 1.53. The van der Waals surface area contributed by atoms with E-state index in [1.54, 1.807) is 4.68 Å². The summed E-state index contributed by atoms with van der Waals surface area (Å²) in [5, 5.41) is 5.57. The predicted octanol–water partition coefficient (Wildman–Crippen LogP) is 3.36. The largest absolute Gasteiger partial charge is 0.298 e. The van der Waals surface area contributed by atoms with Crippen LogP contribution in [-0.2, 0) is 20.1 Å². The second-order valence-electron chi connectivity index (χ2n) is 4.39. The molecule has 5 heteroatoms. The summed E-state index contributed by atoms with van der Waals surface area (Å²) in [7, 11) is 3.95. The van der Waals surface area contributed by atoms with Crippen molar-refractivity contribution < 1.29 is 0 Å². The molecule has 0 unspecified atom stereocenters. The topological polar surface area (TPSA) is 21.1 Å². The first-order chi connectivity index (χ1) is 8.56. The molecule has 3 nitrogen and oxygen atoms in total. The van der Waals surface area contributed by atoms with E-state index in [0.29, 0.717) is 16.6 Å². The summed E-state index contributed by atoms with van der Waals surface area (Å²) < 4.78 is 1.80. The van der Waals surface area contributed by atoms with E-state index >= 15 is 0 Å². The van der Waals surface area contributed by atoms with Crippen LogP contribution in [0.25, 0.3) is 0 Å². The number of halogens is 2. The van der Waals surface area contributed by atoms with Crippen LogP contribution in [0.2, 0.25) is 10.0 Å². The number of hydrogen-bond acceptors (Lipinski definition) is 2. The zero-order valence-corrected chi connectivity index (χ0v) is 11.9. The third-order valence-corrected chi connectivity index (χ3v) is 3.41. The van der Waals surface area contributed by atoms with Crippen LogP contribution in [0.1, 0.15) is 11.1 Å². The van der Waals surface area contributed by atoms with E-state index in [1.807, 2.05) is 44.7 Å². The maximum absolute atomic E-state index is 6.15. The van der Waals surface area contributed by atoms with Gasteiger partial charge in [-0.25, -0.2) is 0 Å². The Hall–Kier alpha value is -1.03. The van der Waals surface area contributed by atoms with Gasteiger partial charge in [-0.15, -0.1) is 0 Å². The Labute approximate surface area is 117 Å². The van der Waals surface area contributed by atoms with Gasteiger partial charge in [-0.3, -0.25) is 9.58 Å². The van der Waals surface area contributed by atoms with Gasteiger partial charge in [0.15, 0.2) is 0 Å². The van der Waals surface area contributed by atoms with Crippen LogP contribution >= 0.6 is 23.2 Å². The minimum absolute atomic E-state index is 0.709. The maximum Gasteiger partial charge on any atom is 0.0534 e. The molecule has 0 aliphatic heterocycles. The molecule has 1 aromatic carbocycles. The first-order valence-corrected chi connectivity index (χ1v) is 6.41. The number of benzene rings is 1. The molecule has 1 aromatic heterocycles. The van der Waals surface area contributed by atoms with Gasteiger partial charge in [0.1, 0.15) is 0 Å². The molecule has 1 heterocycles. The van der Waals surface area contributed by atoms with Crippen LogP contribution < -0.4 is 0 Å². The van der Waals surface area contributed by atoms with Gasteiger partial charge in [0.05, 0.1) is 6.20 Å². The summed E-state index contributed by atoms with van der Waals surface area (Å²) in [4.78, 5) is 2.16. The van der Waals surface area contributed by atoms with Crippen molar-refractivity contribution in [2.75, 3.05) is 7.05 Å². The van der Waals surface area contributed by atoms with E-state index < -0.39 is 0 Å². The molecule has 96 valence electrons. The van der Waals surface area contributed by atoms with Crippen LogP contribution in [0.3, 0.4) is 0 Å². The van der Waals surface area contributed by atoms with Gasteiger partial charge < -0.3 is 0 Å². The van der Waals surface area contributed by atoms with E-state index in [9.17, 15) is 0 Å². The molecule has 2 aromatic rings. The normalized spacial score (nSPS) is 11.2. The Morgan fingerprint density at radius 3 is 2.44 bits per heavy atom. The standard InChI is InChI=1S/C13H15Cl2N3/c1-17(7-10-6-16-18(2)8-10)9-11-12(14)4-3-5-13(11)15/h3-6,8H,7,9H2,1-2H3. The highest BCUT2D eigenvalue weighted by atomic mass is 35.5. The summed E-state index contributed by atoms with van der Waals surface area (Å²) >= 11 is 12.3. The van der Waals surface area contributed by atoms with Crippen molar-refractivity contribution in [1.29, 1.82) is 0 Å². The average Bonchev–Trinajstić information content (AvgIpc) is 2.69. The van der Waals surface area contributed by atoms with E-state index in [-0.39, 0.29) is 0 Å². The second kappa shape index (κ2) is 5.74. The molecule has 0 bridgehead atoms. The molecule has 2 rings (SSSR count). The molecule has 0 saturated heterocycles. The Morgan fingerprint density at radius 1 is 1.22 bits per heavy atom. The quantitative estimate of drug-likeness (QED) is 0.858. The molecular formula is C13H15Cl2N3. The van der Waals surface area contributed by atoms with Gasteiger partial charge in [-0.2, -0.15) is 5.10 Å². The Morgan fingerprint density at radius 2 is 1.89 bits per heavy atom. The smallest absolute Gasteiger partial charge is 0.0534 e. The molecule has 18 heavy (non-hydrogen) atoms. The molecule has 0 radical (unpaired) electrons. The molecule has 0 spiro atoms. The number of rotatable bonds is 4. The van der Waals surface area contributed by atoms with Crippen LogP contribution in [0.4, 0.5) is 0 Å². The lowest BCUT2D eigenvalue weighted by Crippen LogP contribution is -2.17. The lowest BCUT2D eigenvalue weighted by Gasteiger charge is -2.17. The number of aryl methyl sites for hydroxylation is 1. The molecule has 0 amide bonds. The fourth-order valence-electron chi connectivity index (χ4n) is 1.87. The molecule has 0 atom stereocenters. The Bertz CT molecular complexity index is 517. The number of aromatic nitrogens is 2. The minimum Gasteiger partial charge on any atom is -0.298 e. The zero-order valence-electron chi connectivity index (χ0n) is 10.4. The summed E-state index contributed by atoms with van der Waals surface area (Å²) in [5.74, 6) is 0. The highest BCUT2D eigenvalue weighted by Gasteiger charge is 2.09. The Balaban J connectivity index is 2.05. The SMILES string of the molecule is CN(Cc1cnn(C)c1)Cc1c(Cl)cccc1Cl. The van der Waals surface area contributed by atoms with Gasteiger partial charge >= 0.3 is 0 Å². The highest BCUT2D eigenvalue weighted by molar-refractivity contribution is 6.35. The molecular weight excluding hydrogens is 269 g/mol. The molecule has 0 aliphatic rings. The summed E-state index contributed by atoms with van der Waals surface area (Å²) in [6, 6.07) is 5.58. The zero-order chi connectivity index (χ0) is 13.1. The van der Waals surface area contributed by atoms with E-state index in [1.165, 1.54) is 5.56 Å². The van der Waals surface area contributed by atoms with Crippen LogP contribution in [0.5, 0.6) is 0 Å². The Kier molecular flexibility index (Phi) is 4.27. The van der Waals surface area contributed by atoms with E-state index in [2.05, 4.69) is 10.00 Å². The fourth-order valence-corrected chi connectivity index (χ4v) is 2.39. The summed E-state index contributed by atoms with van der Waals surface area (Å²) in [5.41, 5.74) is 2.13. The van der Waals surface area contributed by atoms with Gasteiger partial charge in [0, 0.05) is 47.5 Å². The van der Waals surface area contributed by atoms with Crippen molar-refractivity contribution in [2.24, 2.45) is 7.05 Å². The van der Waals surface area contributed by atoms with Crippen molar-refractivity contribution in [3.8, 4) is 0 Å². The third-order valence-electron chi connectivity index (χ3n) is 2.70. The van der Waals surface area contributed by atoms with Crippen molar-refractivity contribution in [3.05, 3.63) is 51.8 Å². The van der Waals surface area contributed by atoms with Gasteiger partial charge in [0.25, 0.3) is 0 Å². The van der Waals surface area contributed by atoms with Crippen LogP contribution in [-0.4, -0.2) is 21.7 Å². The van der Waals surface area contributed by atoms with E-state index in [4.69, 9.17) is 23.2 Å². The van der Waals surface area contributed by atoms with Crippen molar-refractivity contribution in [3.63, 3.8) is 0 Å². The molecule has 0 fully saturated rings. The van der Waals surface area contributed by atoms with Crippen LogP contribution in [0, 0.1) is 0 Å². The monoisotopic (exact) mass is 283 g/mol. The van der Waals surface area contributed by atoms with Crippen LogP contribution in [0.15, 0.2) is 30.6 Å². The van der Waals surface area contributed by atoms with Gasteiger partial charge in [-0.05, 0) is 19.2 Å². The first kappa shape index (κ1) is 13.4. The predicted molar refractivity (Wildman–Crippen MR) is 74.8 cm³/mol. The lowest BCUT2D eigenvalue weighted by atomic mass is 10.2. The molecule has 0 N–H and O–H groups in total. The van der Waals surface area contributed by atoms with Crippen molar-refractivity contribution in [1.82, 2.24) is 14.7 Å². The fraction of sp³-hybridized carbons (Fsp3) is 0.308. The van der Waals surface area contributed by atoms with Crippen molar-refractivity contribution >= 4 is 23.2 Å². The summed E-state index contributed by atoms with van der Waals surface area (Å²) in [6.07, 6.45) is 3.87. The molecule has 0 aliphatic carbocycles. The first-order valence-electron chi connectivity index (χ1n) is 5.65. The third kappa shape index (κ3) is 3.25. The highest BCUT2D eigenvalue weighted by Crippen LogP contribution is 2.25.